The first-order valence-electron chi connectivity index (χ1n) is 0. The average Bonchev–Trinajstić information content (AvgIpc) is 0. The summed E-state index contributed by atoms with van der Waals surface area (Å²) in [5, 5.41) is 0. The quantitative estimate of drug-likeness (QED) is 0.295. The summed E-state index contributed by atoms with van der Waals surface area (Å²) >= 11 is 0. The van der Waals surface area contributed by atoms with Crippen molar-refractivity contribution in [2.45, 2.75) is 0 Å². The minimum absolute atomic E-state index is 0. The predicted octanol–water partition coefficient (Wildman–Crippen LogP) is -5.24. The molecular weight excluding hydrogens is 106 g/mol. The average molecular weight is 114 g/mol. The molecule has 0 aliphatic carbocycles. The second-order valence-corrected chi connectivity index (χ2v) is 0. The van der Waals surface area contributed by atoms with Crippen molar-refractivity contribution in [1.82, 2.24) is 12.3 Å². The molecule has 0 heterocycles. The van der Waals surface area contributed by atoms with Gasteiger partial charge in [-0.15, -0.1) is 0 Å². The first kappa shape index (κ1) is 110. The Hall–Kier alpha value is 1.81. The molecule has 0 saturated heterocycles. The van der Waals surface area contributed by atoms with Crippen molar-refractivity contribution < 1.29 is 37.7 Å². The summed E-state index contributed by atoms with van der Waals surface area (Å²) in [6, 6.07) is 0. The number of hydrogen-bond acceptors (Lipinski definition) is 0. The van der Waals surface area contributed by atoms with Crippen LogP contribution >= 0.6 is 0 Å². The fourth-order valence-corrected chi connectivity index (χ4v) is 0. The van der Waals surface area contributed by atoms with Gasteiger partial charge in [-0.2, -0.15) is 0 Å². The molecule has 0 aliphatic rings. The van der Waals surface area contributed by atoms with Crippen LogP contribution in [0.1, 0.15) is 0 Å². The second kappa shape index (κ2) is 70.0. The Bertz CT molecular complexity index is 9.51. The van der Waals surface area contributed by atoms with Gasteiger partial charge < -0.3 is 39.3 Å². The monoisotopic (exact) mass is 114 g/mol. The Morgan fingerprint density at radius 2 is 0.500 bits per heavy atom. The Balaban J connectivity index is 0. The third kappa shape index (κ3) is 40.9. The van der Waals surface area contributed by atoms with Crippen LogP contribution in [0.25, 0.3) is 0 Å². The fourth-order valence-electron chi connectivity index (χ4n) is 0. The zero-order valence-electron chi connectivity index (χ0n) is 4.82. The van der Waals surface area contributed by atoms with Gasteiger partial charge in [0.05, 0.1) is 0 Å². The molecule has 0 bridgehead atoms. The Morgan fingerprint density at radius 1 is 0.500 bits per heavy atom. The van der Waals surface area contributed by atoms with E-state index in [9.17, 15) is 0 Å². The molecule has 0 amide bonds. The molecule has 6 heteroatoms. The molecule has 8 N–H and O–H groups in total. The third-order valence-corrected chi connectivity index (χ3v) is 0. The summed E-state index contributed by atoms with van der Waals surface area (Å²) in [7, 11) is 0. The Labute approximate surface area is 76.6 Å². The maximum absolute atomic E-state index is 0. The van der Waals surface area contributed by atoms with Crippen molar-refractivity contribution >= 4 is 27.0 Å². The summed E-state index contributed by atoms with van der Waals surface area (Å²) in [4.78, 5) is 0. The summed E-state index contributed by atoms with van der Waals surface area (Å²) in [6.45, 7) is 0. The Kier molecular flexibility index (Phi) is 1280. The van der Waals surface area contributed by atoms with Crippen LogP contribution in [0.3, 0.4) is 0 Å². The van der Waals surface area contributed by atoms with E-state index in [1.54, 1.807) is 0 Å². The molecule has 2 nitrogen and oxygen atoms in total. The van der Waals surface area contributed by atoms with Crippen LogP contribution < -0.4 is 50.0 Å². The summed E-state index contributed by atoms with van der Waals surface area (Å²) in [5.41, 5.74) is 0. The van der Waals surface area contributed by atoms with Crippen LogP contribution in [0.2, 0.25) is 0 Å². The van der Waals surface area contributed by atoms with Gasteiger partial charge in [-0.05, 0) is 0 Å². The topological polar surface area (TPSA) is 73.0 Å². The molecule has 0 atom stereocenters. The second-order valence-electron chi connectivity index (χ2n) is 0. The van der Waals surface area contributed by atoms with E-state index in [2.05, 4.69) is 0 Å². The van der Waals surface area contributed by atoms with Gasteiger partial charge in [-0.25, -0.2) is 0 Å². The maximum atomic E-state index is 0. The van der Waals surface area contributed by atoms with Crippen LogP contribution in [0.5, 0.6) is 0 Å². The first-order chi connectivity index (χ1) is 0. The van der Waals surface area contributed by atoms with Crippen molar-refractivity contribution in [2.75, 3.05) is 0 Å². The van der Waals surface area contributed by atoms with E-state index in [4.69, 9.17) is 0 Å². The van der Waals surface area contributed by atoms with Gasteiger partial charge in [0.2, 0.25) is 0 Å². The van der Waals surface area contributed by atoms with E-state index in [1.165, 1.54) is 0 Å². The Morgan fingerprint density at radius 3 is 0.500 bits per heavy atom. The van der Waals surface area contributed by atoms with Gasteiger partial charge in [0.1, 0.15) is 0 Å². The standard InChI is InChI=1S/2Li.2H3N.2S/h;;2*1H3;;/q2*+1;;;2*-2/p+2. The summed E-state index contributed by atoms with van der Waals surface area (Å²) < 4.78 is 0. The zero-order chi connectivity index (χ0) is 0. The maximum Gasteiger partial charge on any atom is 1.00 e. The van der Waals surface area contributed by atoms with E-state index in [-0.39, 0.29) is 77.0 Å². The molecule has 0 aromatic carbocycles. The first-order valence-corrected chi connectivity index (χ1v) is 0. The minimum Gasteiger partial charge on any atom is -2.00 e. The molecule has 0 saturated carbocycles. The zero-order valence-corrected chi connectivity index (χ0v) is 6.45. The predicted molar refractivity (Wildman–Crippen MR) is 26.7 cm³/mol. The van der Waals surface area contributed by atoms with Crippen LogP contribution in [0, 0.1) is 0 Å². The van der Waals surface area contributed by atoms with E-state index < -0.39 is 0 Å². The molecule has 6 heavy (non-hydrogen) atoms. The molecule has 0 fully saturated rings. The molecule has 32 valence electrons. The smallest absolute Gasteiger partial charge is 1.00 e. The molecule has 0 aromatic heterocycles. The number of quaternary nitrogens is 2. The summed E-state index contributed by atoms with van der Waals surface area (Å²) in [5.74, 6) is 0. The fraction of sp³-hybridized carbons (Fsp3) is 0. The van der Waals surface area contributed by atoms with Crippen molar-refractivity contribution in [2.24, 2.45) is 0 Å². The van der Waals surface area contributed by atoms with Crippen LogP contribution in [-0.2, 0) is 27.0 Å². The van der Waals surface area contributed by atoms with Crippen LogP contribution in [0.4, 0.5) is 0 Å². The van der Waals surface area contributed by atoms with Gasteiger partial charge in [0.15, 0.2) is 0 Å². The largest absolute Gasteiger partial charge is 2.00 e. The molecule has 0 rings (SSSR count). The minimum atomic E-state index is 0. The van der Waals surface area contributed by atoms with E-state index in [0.717, 1.165) is 0 Å². The van der Waals surface area contributed by atoms with E-state index in [0.29, 0.717) is 0 Å². The van der Waals surface area contributed by atoms with Crippen molar-refractivity contribution in [3.05, 3.63) is 0 Å². The van der Waals surface area contributed by atoms with Gasteiger partial charge in [0.25, 0.3) is 0 Å². The molecule has 0 aromatic rings. The van der Waals surface area contributed by atoms with E-state index in [1.807, 2.05) is 0 Å². The number of hydrogen-bond donors (Lipinski definition) is 2. The molecule has 0 aliphatic heterocycles. The molecular formula is H8Li2N2S2. The van der Waals surface area contributed by atoms with Gasteiger partial charge in [0, 0.05) is 0 Å². The summed E-state index contributed by atoms with van der Waals surface area (Å²) in [6.07, 6.45) is 0. The SMILES string of the molecule is [Li+].[Li+].[NH4+].[NH4+].[S-2].[S-2]. The number of rotatable bonds is 0. The van der Waals surface area contributed by atoms with Crippen LogP contribution in [-0.4, -0.2) is 0 Å². The van der Waals surface area contributed by atoms with Gasteiger partial charge in [-0.3, -0.25) is 0 Å². The third-order valence-electron chi connectivity index (χ3n) is 0. The van der Waals surface area contributed by atoms with Crippen molar-refractivity contribution in [1.29, 1.82) is 0 Å². The van der Waals surface area contributed by atoms with Gasteiger partial charge >= 0.3 is 37.7 Å². The molecule has 0 radical (unpaired) electrons. The molecule has 0 unspecified atom stereocenters. The molecule has 0 spiro atoms. The van der Waals surface area contributed by atoms with Crippen LogP contribution in [0.15, 0.2) is 0 Å². The van der Waals surface area contributed by atoms with E-state index >= 15 is 0 Å². The van der Waals surface area contributed by atoms with Crippen molar-refractivity contribution in [3.8, 4) is 0 Å². The van der Waals surface area contributed by atoms with Crippen molar-refractivity contribution in [3.63, 3.8) is 0 Å². The normalized spacial score (nSPS) is 0. The van der Waals surface area contributed by atoms with Gasteiger partial charge in [-0.1, -0.05) is 0 Å².